The quantitative estimate of drug-likeness (QED) is 0.779. The van der Waals surface area contributed by atoms with E-state index >= 15 is 0 Å². The van der Waals surface area contributed by atoms with Gasteiger partial charge in [-0.15, -0.1) is 0 Å². The average molecular weight is 226 g/mol. The molecule has 0 unspecified atom stereocenters. The van der Waals surface area contributed by atoms with Crippen LogP contribution in [0.25, 0.3) is 0 Å². The van der Waals surface area contributed by atoms with Crippen LogP contribution in [0.5, 0.6) is 5.75 Å². The van der Waals surface area contributed by atoms with E-state index in [2.05, 4.69) is 4.98 Å². The number of pyridine rings is 1. The maximum absolute atomic E-state index is 13.4. The minimum atomic E-state index is -0.591. The van der Waals surface area contributed by atoms with E-state index in [0.717, 1.165) is 11.1 Å². The molecule has 2 N–H and O–H groups in total. The largest absolute Gasteiger partial charge is 0.486 e. The second-order valence-corrected chi connectivity index (χ2v) is 4.33. The summed E-state index contributed by atoms with van der Waals surface area (Å²) in [6.07, 6.45) is 1.49. The maximum atomic E-state index is 13.4. The van der Waals surface area contributed by atoms with Crippen molar-refractivity contribution in [3.05, 3.63) is 23.3 Å². The second kappa shape index (κ2) is 3.99. The summed E-state index contributed by atoms with van der Waals surface area (Å²) in [5.74, 6) is -0.399. The summed E-state index contributed by atoms with van der Waals surface area (Å²) in [4.78, 5) is 3.62. The van der Waals surface area contributed by atoms with Crippen LogP contribution < -0.4 is 10.5 Å². The molecule has 0 saturated carbocycles. The molecule has 0 aromatic carbocycles. The van der Waals surface area contributed by atoms with Crippen molar-refractivity contribution in [3.63, 3.8) is 0 Å². The molecule has 0 radical (unpaired) electrons. The summed E-state index contributed by atoms with van der Waals surface area (Å²) in [5, 5.41) is 0. The summed E-state index contributed by atoms with van der Waals surface area (Å²) >= 11 is 0. The van der Waals surface area contributed by atoms with E-state index in [0.29, 0.717) is 13.2 Å². The van der Waals surface area contributed by atoms with Crippen molar-refractivity contribution in [1.29, 1.82) is 0 Å². The minimum absolute atomic E-state index is 0.191. The molecule has 4 nitrogen and oxygen atoms in total. The van der Waals surface area contributed by atoms with Gasteiger partial charge in [-0.1, -0.05) is 0 Å². The highest BCUT2D eigenvalue weighted by molar-refractivity contribution is 5.36. The summed E-state index contributed by atoms with van der Waals surface area (Å²) in [5.41, 5.74) is 7.07. The fourth-order valence-corrected chi connectivity index (χ4v) is 1.47. The van der Waals surface area contributed by atoms with Gasteiger partial charge in [-0.25, -0.2) is 4.98 Å². The highest BCUT2D eigenvalue weighted by Crippen LogP contribution is 2.24. The Bertz CT molecular complexity index is 405. The zero-order valence-electron chi connectivity index (χ0n) is 9.42. The third kappa shape index (κ3) is 2.01. The van der Waals surface area contributed by atoms with Crippen molar-refractivity contribution in [3.8, 4) is 5.75 Å². The summed E-state index contributed by atoms with van der Waals surface area (Å²) in [7, 11) is 0. The van der Waals surface area contributed by atoms with Crippen LogP contribution in [0.1, 0.15) is 11.1 Å². The van der Waals surface area contributed by atoms with Crippen molar-refractivity contribution in [2.24, 2.45) is 5.73 Å². The molecule has 2 rings (SSSR count). The fourth-order valence-electron chi connectivity index (χ4n) is 1.47. The van der Waals surface area contributed by atoms with Crippen LogP contribution in [0, 0.1) is 19.8 Å². The standard InChI is InChI=1S/C11H15FN2O2/c1-7-3-14-10(12)9(8(7)2)16-6-11(13)4-15-5-11/h3H,4-6,13H2,1-2H3. The fraction of sp³-hybridized carbons (Fsp3) is 0.545. The number of nitrogens with zero attached hydrogens (tertiary/aromatic N) is 1. The molecular weight excluding hydrogens is 211 g/mol. The van der Waals surface area contributed by atoms with Crippen LogP contribution in [0.2, 0.25) is 0 Å². The lowest BCUT2D eigenvalue weighted by molar-refractivity contribution is -0.0728. The van der Waals surface area contributed by atoms with Gasteiger partial charge in [0.2, 0.25) is 0 Å². The van der Waals surface area contributed by atoms with Gasteiger partial charge in [0.1, 0.15) is 6.61 Å². The summed E-state index contributed by atoms with van der Waals surface area (Å²) < 4.78 is 23.8. The Hall–Kier alpha value is -1.20. The predicted octanol–water partition coefficient (Wildman–Crippen LogP) is 0.944. The Morgan fingerprint density at radius 1 is 1.56 bits per heavy atom. The maximum Gasteiger partial charge on any atom is 0.255 e. The average Bonchev–Trinajstić information content (AvgIpc) is 2.21. The van der Waals surface area contributed by atoms with E-state index in [1.807, 2.05) is 6.92 Å². The van der Waals surface area contributed by atoms with E-state index in [1.165, 1.54) is 6.20 Å². The van der Waals surface area contributed by atoms with Gasteiger partial charge in [0.05, 0.1) is 18.8 Å². The molecule has 88 valence electrons. The van der Waals surface area contributed by atoms with E-state index < -0.39 is 11.5 Å². The number of hydrogen-bond donors (Lipinski definition) is 1. The van der Waals surface area contributed by atoms with Gasteiger partial charge in [0, 0.05) is 11.8 Å². The molecule has 5 heteroatoms. The van der Waals surface area contributed by atoms with Gasteiger partial charge >= 0.3 is 0 Å². The second-order valence-electron chi connectivity index (χ2n) is 4.33. The predicted molar refractivity (Wildman–Crippen MR) is 56.9 cm³/mol. The third-order valence-corrected chi connectivity index (χ3v) is 2.77. The number of nitrogens with two attached hydrogens (primary N) is 1. The van der Waals surface area contributed by atoms with Crippen LogP contribution in [-0.2, 0) is 4.74 Å². The highest BCUT2D eigenvalue weighted by Gasteiger charge is 2.35. The first-order valence-corrected chi connectivity index (χ1v) is 5.13. The van der Waals surface area contributed by atoms with Crippen LogP contribution in [0.4, 0.5) is 4.39 Å². The normalized spacial score (nSPS) is 18.0. The lowest BCUT2D eigenvalue weighted by Gasteiger charge is -2.37. The van der Waals surface area contributed by atoms with Crippen molar-refractivity contribution in [2.75, 3.05) is 19.8 Å². The molecule has 0 spiro atoms. The Balaban J connectivity index is 2.11. The molecule has 16 heavy (non-hydrogen) atoms. The van der Waals surface area contributed by atoms with E-state index in [-0.39, 0.29) is 12.4 Å². The van der Waals surface area contributed by atoms with E-state index in [4.69, 9.17) is 15.2 Å². The molecular formula is C11H15FN2O2. The van der Waals surface area contributed by atoms with Gasteiger partial charge in [0.15, 0.2) is 5.75 Å². The van der Waals surface area contributed by atoms with Crippen molar-refractivity contribution in [2.45, 2.75) is 19.4 Å². The first-order valence-electron chi connectivity index (χ1n) is 5.13. The minimum Gasteiger partial charge on any atom is -0.486 e. The Morgan fingerprint density at radius 2 is 2.25 bits per heavy atom. The third-order valence-electron chi connectivity index (χ3n) is 2.77. The van der Waals surface area contributed by atoms with E-state index in [1.54, 1.807) is 6.92 Å². The SMILES string of the molecule is Cc1cnc(F)c(OCC2(N)COC2)c1C. The number of ether oxygens (including phenoxy) is 2. The van der Waals surface area contributed by atoms with Gasteiger partial charge < -0.3 is 15.2 Å². The first-order chi connectivity index (χ1) is 7.52. The monoisotopic (exact) mass is 226 g/mol. The smallest absolute Gasteiger partial charge is 0.255 e. The topological polar surface area (TPSA) is 57.4 Å². The Labute approximate surface area is 93.6 Å². The molecule has 0 amide bonds. The number of aryl methyl sites for hydroxylation is 1. The molecule has 1 aliphatic rings. The molecule has 1 fully saturated rings. The number of halogens is 1. The van der Waals surface area contributed by atoms with Crippen molar-refractivity contribution in [1.82, 2.24) is 4.98 Å². The first kappa shape index (κ1) is 11.3. The molecule has 1 aliphatic heterocycles. The Morgan fingerprint density at radius 3 is 2.81 bits per heavy atom. The van der Waals surface area contributed by atoms with Crippen molar-refractivity contribution >= 4 is 0 Å². The number of rotatable bonds is 3. The molecule has 2 heterocycles. The van der Waals surface area contributed by atoms with Gasteiger partial charge in [-0.3, -0.25) is 0 Å². The molecule has 0 aliphatic carbocycles. The zero-order chi connectivity index (χ0) is 11.8. The zero-order valence-corrected chi connectivity index (χ0v) is 9.42. The molecule has 1 aromatic rings. The number of hydrogen-bond acceptors (Lipinski definition) is 4. The van der Waals surface area contributed by atoms with Gasteiger partial charge in [-0.2, -0.15) is 4.39 Å². The molecule has 1 aromatic heterocycles. The highest BCUT2D eigenvalue weighted by atomic mass is 19.1. The molecule has 0 bridgehead atoms. The lowest BCUT2D eigenvalue weighted by Crippen LogP contribution is -2.61. The number of aromatic nitrogens is 1. The summed E-state index contributed by atoms with van der Waals surface area (Å²) in [6.45, 7) is 4.81. The molecule has 1 saturated heterocycles. The van der Waals surface area contributed by atoms with Crippen LogP contribution >= 0.6 is 0 Å². The summed E-state index contributed by atoms with van der Waals surface area (Å²) in [6, 6.07) is 0. The van der Waals surface area contributed by atoms with Crippen molar-refractivity contribution < 1.29 is 13.9 Å². The van der Waals surface area contributed by atoms with Crippen LogP contribution in [0.3, 0.4) is 0 Å². The van der Waals surface area contributed by atoms with E-state index in [9.17, 15) is 4.39 Å². The molecule has 0 atom stereocenters. The van der Waals surface area contributed by atoms with Crippen LogP contribution in [0.15, 0.2) is 6.20 Å². The Kier molecular flexibility index (Phi) is 2.82. The lowest BCUT2D eigenvalue weighted by atomic mass is 10.0. The van der Waals surface area contributed by atoms with Gasteiger partial charge in [0.25, 0.3) is 5.95 Å². The van der Waals surface area contributed by atoms with Gasteiger partial charge in [-0.05, 0) is 19.4 Å². The van der Waals surface area contributed by atoms with Crippen LogP contribution in [-0.4, -0.2) is 30.3 Å².